The lowest BCUT2D eigenvalue weighted by Crippen LogP contribution is -2.13. The summed E-state index contributed by atoms with van der Waals surface area (Å²) in [6, 6.07) is 6.51. The van der Waals surface area contributed by atoms with E-state index in [-0.39, 0.29) is 11.7 Å². The number of rotatable bonds is 7. The van der Waals surface area contributed by atoms with Gasteiger partial charge in [-0.1, -0.05) is 13.8 Å². The number of carboxylic acid groups (broad SMARTS) is 1. The zero-order chi connectivity index (χ0) is 20.4. The molecule has 1 aromatic carbocycles. The molecule has 0 aliphatic heterocycles. The number of fused-ring (bicyclic) bond motifs is 1. The van der Waals surface area contributed by atoms with E-state index in [1.165, 1.54) is 6.07 Å². The first-order chi connectivity index (χ1) is 13.2. The van der Waals surface area contributed by atoms with Gasteiger partial charge >= 0.3 is 5.97 Å². The van der Waals surface area contributed by atoms with Crippen molar-refractivity contribution in [2.75, 3.05) is 5.32 Å². The summed E-state index contributed by atoms with van der Waals surface area (Å²) in [4.78, 5) is 23.4. The molecule has 2 aromatic heterocycles. The van der Waals surface area contributed by atoms with E-state index >= 15 is 0 Å². The first-order valence-corrected chi connectivity index (χ1v) is 9.34. The van der Waals surface area contributed by atoms with Gasteiger partial charge in [-0.25, -0.2) is 4.79 Å². The fraction of sp³-hybridized carbons (Fsp3) is 0.381. The molecule has 7 heteroatoms. The van der Waals surface area contributed by atoms with E-state index in [0.29, 0.717) is 35.4 Å². The second-order valence-corrected chi connectivity index (χ2v) is 7.44. The third kappa shape index (κ3) is 4.24. The van der Waals surface area contributed by atoms with Crippen LogP contribution in [-0.4, -0.2) is 26.8 Å². The Morgan fingerprint density at radius 3 is 2.68 bits per heavy atom. The Morgan fingerprint density at radius 2 is 2.00 bits per heavy atom. The molecule has 2 heterocycles. The highest BCUT2D eigenvalue weighted by atomic mass is 16.4. The predicted molar refractivity (Wildman–Crippen MR) is 107 cm³/mol. The first kappa shape index (κ1) is 19.7. The maximum Gasteiger partial charge on any atom is 0.371 e. The quantitative estimate of drug-likeness (QED) is 0.638. The average molecular weight is 383 g/mol. The maximum absolute atomic E-state index is 12.4. The minimum absolute atomic E-state index is 0.100. The summed E-state index contributed by atoms with van der Waals surface area (Å²) in [5.74, 6) is -0.835. The number of furan rings is 1. The van der Waals surface area contributed by atoms with Crippen LogP contribution in [0.3, 0.4) is 0 Å². The largest absolute Gasteiger partial charge is 0.475 e. The van der Waals surface area contributed by atoms with Gasteiger partial charge in [0.25, 0.3) is 0 Å². The van der Waals surface area contributed by atoms with Crippen molar-refractivity contribution >= 4 is 28.5 Å². The standard InChI is InChI=1S/C21H25N3O4/c1-12(2)11-24-14(4)17(13(3)23-24)6-8-20(25)22-16-5-7-18-15(9-16)10-19(28-18)21(26)27/h5,7,9-10,12H,6,8,11H2,1-4H3,(H,22,25)(H,26,27). The van der Waals surface area contributed by atoms with Gasteiger partial charge < -0.3 is 14.8 Å². The number of hydrogen-bond donors (Lipinski definition) is 2. The van der Waals surface area contributed by atoms with Gasteiger partial charge in [0.2, 0.25) is 11.7 Å². The van der Waals surface area contributed by atoms with E-state index in [0.717, 1.165) is 23.5 Å². The SMILES string of the molecule is Cc1nn(CC(C)C)c(C)c1CCC(=O)Nc1ccc2oc(C(=O)O)cc2c1. The van der Waals surface area contributed by atoms with Gasteiger partial charge in [-0.3, -0.25) is 9.48 Å². The van der Waals surface area contributed by atoms with Gasteiger partial charge in [0, 0.05) is 29.7 Å². The monoisotopic (exact) mass is 383 g/mol. The number of aromatic carboxylic acids is 1. The minimum atomic E-state index is -1.12. The molecule has 0 radical (unpaired) electrons. The van der Waals surface area contributed by atoms with Crippen LogP contribution in [0.2, 0.25) is 0 Å². The lowest BCUT2D eigenvalue weighted by atomic mass is 10.1. The van der Waals surface area contributed by atoms with Crippen molar-refractivity contribution in [2.24, 2.45) is 5.92 Å². The molecule has 0 aliphatic rings. The van der Waals surface area contributed by atoms with Crippen molar-refractivity contribution in [1.29, 1.82) is 0 Å². The molecule has 0 unspecified atom stereocenters. The van der Waals surface area contributed by atoms with Gasteiger partial charge in [-0.15, -0.1) is 0 Å². The number of anilines is 1. The van der Waals surface area contributed by atoms with E-state index in [4.69, 9.17) is 9.52 Å². The fourth-order valence-corrected chi connectivity index (χ4v) is 3.31. The molecule has 3 aromatic rings. The number of aromatic nitrogens is 2. The Labute approximate surface area is 163 Å². The Balaban J connectivity index is 1.65. The van der Waals surface area contributed by atoms with Crippen LogP contribution >= 0.6 is 0 Å². The van der Waals surface area contributed by atoms with E-state index < -0.39 is 5.97 Å². The van der Waals surface area contributed by atoms with Crippen LogP contribution in [-0.2, 0) is 17.8 Å². The summed E-state index contributed by atoms with van der Waals surface area (Å²) in [6.45, 7) is 9.19. The summed E-state index contributed by atoms with van der Waals surface area (Å²) in [6.07, 6.45) is 0.970. The molecule has 1 amide bonds. The molecule has 0 bridgehead atoms. The van der Waals surface area contributed by atoms with Crippen LogP contribution in [0.5, 0.6) is 0 Å². The molecular weight excluding hydrogens is 358 g/mol. The van der Waals surface area contributed by atoms with Crippen LogP contribution < -0.4 is 5.32 Å². The number of benzene rings is 1. The number of nitrogens with one attached hydrogen (secondary N) is 1. The second kappa shape index (κ2) is 7.88. The number of nitrogens with zero attached hydrogens (tertiary/aromatic N) is 2. The maximum atomic E-state index is 12.4. The normalized spacial score (nSPS) is 11.3. The van der Waals surface area contributed by atoms with Crippen LogP contribution in [0.15, 0.2) is 28.7 Å². The van der Waals surface area contributed by atoms with Gasteiger partial charge in [0.1, 0.15) is 5.58 Å². The lowest BCUT2D eigenvalue weighted by molar-refractivity contribution is -0.116. The van der Waals surface area contributed by atoms with E-state index in [1.54, 1.807) is 18.2 Å². The molecule has 0 aliphatic carbocycles. The summed E-state index contributed by atoms with van der Waals surface area (Å²) in [7, 11) is 0. The van der Waals surface area contributed by atoms with Gasteiger partial charge in [0.05, 0.1) is 5.69 Å². The molecule has 28 heavy (non-hydrogen) atoms. The predicted octanol–water partition coefficient (Wildman–Crippen LogP) is 4.17. The van der Waals surface area contributed by atoms with Gasteiger partial charge in [-0.2, -0.15) is 5.10 Å². The van der Waals surface area contributed by atoms with Crippen molar-refractivity contribution in [3.05, 3.63) is 47.0 Å². The zero-order valence-corrected chi connectivity index (χ0v) is 16.6. The topological polar surface area (TPSA) is 97.4 Å². The smallest absolute Gasteiger partial charge is 0.371 e. The number of carboxylic acids is 1. The average Bonchev–Trinajstić information content (AvgIpc) is 3.14. The van der Waals surface area contributed by atoms with Crippen LogP contribution in [0.1, 0.15) is 47.8 Å². The minimum Gasteiger partial charge on any atom is -0.475 e. The van der Waals surface area contributed by atoms with Crippen molar-refractivity contribution in [3.63, 3.8) is 0 Å². The zero-order valence-electron chi connectivity index (χ0n) is 16.6. The Hall–Kier alpha value is -3.09. The molecular formula is C21H25N3O4. The van der Waals surface area contributed by atoms with Crippen LogP contribution in [0.4, 0.5) is 5.69 Å². The number of aryl methyl sites for hydroxylation is 1. The third-order valence-corrected chi connectivity index (χ3v) is 4.68. The fourth-order valence-electron chi connectivity index (χ4n) is 3.31. The van der Waals surface area contributed by atoms with E-state index in [2.05, 4.69) is 24.3 Å². The summed E-state index contributed by atoms with van der Waals surface area (Å²) in [5, 5.41) is 17.1. The van der Waals surface area contributed by atoms with Crippen LogP contribution in [0, 0.1) is 19.8 Å². The lowest BCUT2D eigenvalue weighted by Gasteiger charge is -2.08. The summed E-state index contributed by atoms with van der Waals surface area (Å²) in [5.41, 5.74) is 4.28. The molecule has 0 atom stereocenters. The molecule has 7 nitrogen and oxygen atoms in total. The summed E-state index contributed by atoms with van der Waals surface area (Å²) < 4.78 is 7.24. The van der Waals surface area contributed by atoms with Crippen molar-refractivity contribution < 1.29 is 19.1 Å². The van der Waals surface area contributed by atoms with E-state index in [9.17, 15) is 9.59 Å². The van der Waals surface area contributed by atoms with Crippen molar-refractivity contribution in [1.82, 2.24) is 9.78 Å². The van der Waals surface area contributed by atoms with Crippen molar-refractivity contribution in [2.45, 2.75) is 47.1 Å². The highest BCUT2D eigenvalue weighted by Crippen LogP contribution is 2.23. The molecule has 0 spiro atoms. The third-order valence-electron chi connectivity index (χ3n) is 4.68. The molecule has 2 N–H and O–H groups in total. The molecule has 0 fully saturated rings. The number of carbonyl (C=O) groups is 2. The van der Waals surface area contributed by atoms with E-state index in [1.807, 2.05) is 18.5 Å². The number of hydrogen-bond acceptors (Lipinski definition) is 4. The Bertz CT molecular complexity index is 1030. The Morgan fingerprint density at radius 1 is 1.25 bits per heavy atom. The first-order valence-electron chi connectivity index (χ1n) is 9.34. The summed E-state index contributed by atoms with van der Waals surface area (Å²) >= 11 is 0. The number of amides is 1. The molecule has 148 valence electrons. The number of carbonyl (C=O) groups excluding carboxylic acids is 1. The molecule has 0 saturated heterocycles. The van der Waals surface area contributed by atoms with Crippen molar-refractivity contribution in [3.8, 4) is 0 Å². The highest BCUT2D eigenvalue weighted by Gasteiger charge is 2.15. The highest BCUT2D eigenvalue weighted by molar-refractivity contribution is 5.96. The Kier molecular flexibility index (Phi) is 5.53. The molecule has 3 rings (SSSR count). The van der Waals surface area contributed by atoms with Crippen LogP contribution in [0.25, 0.3) is 11.0 Å². The van der Waals surface area contributed by atoms with Gasteiger partial charge in [0.15, 0.2) is 0 Å². The molecule has 0 saturated carbocycles. The second-order valence-electron chi connectivity index (χ2n) is 7.44. The van der Waals surface area contributed by atoms with Gasteiger partial charge in [-0.05, 0) is 56.0 Å².